The van der Waals surface area contributed by atoms with Crippen molar-refractivity contribution in [1.82, 2.24) is 4.90 Å². The largest absolute Gasteiger partial charge is 0.378 e. The lowest BCUT2D eigenvalue weighted by Gasteiger charge is -2.33. The van der Waals surface area contributed by atoms with Crippen LogP contribution in [0.4, 0.5) is 5.69 Å². The third-order valence-corrected chi connectivity index (χ3v) is 6.98. The summed E-state index contributed by atoms with van der Waals surface area (Å²) in [6, 6.07) is 10.4. The van der Waals surface area contributed by atoms with Gasteiger partial charge in [0.2, 0.25) is 11.6 Å². The summed E-state index contributed by atoms with van der Waals surface area (Å²) in [5.41, 5.74) is 0.207. The number of fused-ring (bicyclic) bond motifs is 1. The Bertz CT molecular complexity index is 1190. The number of rotatable bonds is 4. The van der Waals surface area contributed by atoms with E-state index in [4.69, 9.17) is 27.9 Å². The van der Waals surface area contributed by atoms with Crippen molar-refractivity contribution in [1.29, 1.82) is 0 Å². The number of benzene rings is 2. The monoisotopic (exact) mass is 466 g/mol. The lowest BCUT2D eigenvalue weighted by Crippen LogP contribution is -2.43. The van der Waals surface area contributed by atoms with E-state index in [1.165, 1.54) is 30.3 Å². The number of anilines is 1. The van der Waals surface area contributed by atoms with Crippen LogP contribution in [0.2, 0.25) is 10.0 Å². The van der Waals surface area contributed by atoms with Crippen molar-refractivity contribution in [2.75, 3.05) is 31.0 Å². The van der Waals surface area contributed by atoms with Crippen LogP contribution in [0, 0.1) is 0 Å². The molecular weight excluding hydrogens is 451 g/mol. The first-order valence-electron chi connectivity index (χ1n) is 9.03. The molecule has 1 aliphatic heterocycles. The van der Waals surface area contributed by atoms with Gasteiger partial charge in [-0.25, -0.2) is 8.42 Å². The lowest BCUT2D eigenvalue weighted by molar-refractivity contribution is 0.0499. The van der Waals surface area contributed by atoms with E-state index >= 15 is 0 Å². The number of allylic oxidation sites excluding steroid dienone is 2. The Morgan fingerprint density at radius 2 is 1.53 bits per heavy atom. The average Bonchev–Trinajstić information content (AvgIpc) is 2.73. The molecule has 156 valence electrons. The number of nitrogens with one attached hydrogen (secondary N) is 1. The highest BCUT2D eigenvalue weighted by atomic mass is 35.5. The molecule has 30 heavy (non-hydrogen) atoms. The van der Waals surface area contributed by atoms with E-state index in [1.807, 2.05) is 0 Å². The fourth-order valence-corrected chi connectivity index (χ4v) is 5.10. The van der Waals surface area contributed by atoms with Gasteiger partial charge in [-0.2, -0.15) is 0 Å². The molecule has 0 atom stereocenters. The Balaban J connectivity index is 1.86. The second-order valence-electron chi connectivity index (χ2n) is 6.72. The van der Waals surface area contributed by atoms with Crippen molar-refractivity contribution in [3.63, 3.8) is 0 Å². The Morgan fingerprint density at radius 1 is 0.900 bits per heavy atom. The average molecular weight is 467 g/mol. The molecule has 0 aromatic heterocycles. The Morgan fingerprint density at radius 3 is 2.17 bits per heavy atom. The topological polar surface area (TPSA) is 92.8 Å². The molecule has 0 bridgehead atoms. The summed E-state index contributed by atoms with van der Waals surface area (Å²) in [4.78, 5) is 27.5. The van der Waals surface area contributed by atoms with Crippen molar-refractivity contribution < 1.29 is 22.7 Å². The van der Waals surface area contributed by atoms with Gasteiger partial charge < -0.3 is 9.64 Å². The molecule has 1 aliphatic carbocycles. The van der Waals surface area contributed by atoms with Gasteiger partial charge in [-0.1, -0.05) is 47.5 Å². The van der Waals surface area contributed by atoms with Crippen LogP contribution in [0.5, 0.6) is 0 Å². The van der Waals surface area contributed by atoms with E-state index < -0.39 is 26.5 Å². The molecule has 2 aromatic rings. The highest BCUT2D eigenvalue weighted by Gasteiger charge is 2.41. The molecule has 2 aliphatic rings. The minimum atomic E-state index is -4.41. The Kier molecular flexibility index (Phi) is 5.59. The van der Waals surface area contributed by atoms with E-state index in [-0.39, 0.29) is 32.6 Å². The zero-order valence-corrected chi connectivity index (χ0v) is 17.9. The molecule has 1 N–H and O–H groups in total. The van der Waals surface area contributed by atoms with Crippen molar-refractivity contribution in [3.8, 4) is 0 Å². The number of ketones is 2. The molecule has 0 saturated carbocycles. The minimum Gasteiger partial charge on any atom is -0.378 e. The van der Waals surface area contributed by atoms with Crippen LogP contribution in [-0.2, 0) is 14.8 Å². The van der Waals surface area contributed by atoms with Gasteiger partial charge in [0, 0.05) is 24.2 Å². The molecule has 4 rings (SSSR count). The van der Waals surface area contributed by atoms with E-state index in [9.17, 15) is 18.0 Å². The molecule has 0 amide bonds. The van der Waals surface area contributed by atoms with Gasteiger partial charge >= 0.3 is 0 Å². The van der Waals surface area contributed by atoms with Crippen LogP contribution >= 0.6 is 23.2 Å². The molecule has 7 nitrogen and oxygen atoms in total. The number of halogens is 2. The predicted molar refractivity (Wildman–Crippen MR) is 114 cm³/mol. The summed E-state index contributed by atoms with van der Waals surface area (Å²) < 4.78 is 34.2. The standard InChI is InChI=1S/C20H16Cl2N2O5S/c21-15-6-5-12(11-16(15)22)23-30(27,28)20-17(24-7-9-29-10-8-24)18(25)13-3-1-2-4-14(13)19(20)26/h1-6,11,23H,7-10H2. The molecule has 1 saturated heterocycles. The number of nitrogens with zero attached hydrogens (tertiary/aromatic N) is 1. The number of Topliss-reactive ketones (excluding diaryl/α,β-unsaturated/α-hetero) is 2. The third-order valence-electron chi connectivity index (χ3n) is 4.82. The normalized spacial score (nSPS) is 17.2. The highest BCUT2D eigenvalue weighted by molar-refractivity contribution is 7.97. The second kappa shape index (κ2) is 8.03. The maximum absolute atomic E-state index is 13.3. The molecule has 10 heteroatoms. The first kappa shape index (κ1) is 20.9. The summed E-state index contributed by atoms with van der Waals surface area (Å²) >= 11 is 11.9. The zero-order valence-electron chi connectivity index (χ0n) is 15.5. The number of hydrogen-bond acceptors (Lipinski definition) is 6. The van der Waals surface area contributed by atoms with Crippen LogP contribution in [0.25, 0.3) is 0 Å². The van der Waals surface area contributed by atoms with Gasteiger partial charge in [-0.15, -0.1) is 0 Å². The van der Waals surface area contributed by atoms with E-state index in [1.54, 1.807) is 17.0 Å². The first-order valence-corrected chi connectivity index (χ1v) is 11.3. The van der Waals surface area contributed by atoms with Crippen LogP contribution in [0.3, 0.4) is 0 Å². The summed E-state index contributed by atoms with van der Waals surface area (Å²) in [7, 11) is -4.41. The highest BCUT2D eigenvalue weighted by Crippen LogP contribution is 2.33. The van der Waals surface area contributed by atoms with Gasteiger partial charge in [0.05, 0.1) is 28.9 Å². The number of ether oxygens (including phenoxy) is 1. The number of morpholine rings is 1. The number of carbonyl (C=O) groups excluding carboxylic acids is 2. The van der Waals surface area contributed by atoms with Gasteiger partial charge in [-0.3, -0.25) is 14.3 Å². The van der Waals surface area contributed by atoms with Gasteiger partial charge in [0.25, 0.3) is 10.0 Å². The number of carbonyl (C=O) groups is 2. The van der Waals surface area contributed by atoms with Crippen LogP contribution in [-0.4, -0.2) is 51.2 Å². The second-order valence-corrected chi connectivity index (χ2v) is 9.15. The van der Waals surface area contributed by atoms with Crippen LogP contribution in [0.15, 0.2) is 53.1 Å². The SMILES string of the molecule is O=C1C(N2CCOCC2)=C(S(=O)(=O)Nc2ccc(Cl)c(Cl)c2)C(=O)c2ccccc21. The lowest BCUT2D eigenvalue weighted by atomic mass is 9.91. The fraction of sp³-hybridized carbons (Fsp3) is 0.200. The molecular formula is C20H16Cl2N2O5S. The molecule has 1 heterocycles. The van der Waals surface area contributed by atoms with Crippen molar-refractivity contribution in [3.05, 3.63) is 74.2 Å². The van der Waals surface area contributed by atoms with Crippen LogP contribution < -0.4 is 4.72 Å². The maximum atomic E-state index is 13.3. The predicted octanol–water partition coefficient (Wildman–Crippen LogP) is 3.36. The number of hydrogen-bond donors (Lipinski definition) is 1. The molecule has 2 aromatic carbocycles. The third kappa shape index (κ3) is 3.72. The summed E-state index contributed by atoms with van der Waals surface area (Å²) in [5.74, 6) is -1.25. The molecule has 1 fully saturated rings. The maximum Gasteiger partial charge on any atom is 0.268 e. The molecule has 0 unspecified atom stereocenters. The first-order chi connectivity index (χ1) is 14.3. The van der Waals surface area contributed by atoms with E-state index in [2.05, 4.69) is 4.72 Å². The molecule has 0 radical (unpaired) electrons. The summed E-state index contributed by atoms with van der Waals surface area (Å²) in [6.45, 7) is 1.23. The van der Waals surface area contributed by atoms with Gasteiger partial charge in [-0.05, 0) is 18.2 Å². The number of sulfonamides is 1. The quantitative estimate of drug-likeness (QED) is 0.742. The minimum absolute atomic E-state index is 0.0500. The Labute approximate surface area is 183 Å². The van der Waals surface area contributed by atoms with E-state index in [0.29, 0.717) is 26.3 Å². The zero-order chi connectivity index (χ0) is 21.5. The van der Waals surface area contributed by atoms with Crippen molar-refractivity contribution in [2.45, 2.75) is 0 Å². The van der Waals surface area contributed by atoms with Gasteiger partial charge in [0.15, 0.2) is 4.91 Å². The van der Waals surface area contributed by atoms with Crippen molar-refractivity contribution in [2.24, 2.45) is 0 Å². The van der Waals surface area contributed by atoms with Crippen LogP contribution in [0.1, 0.15) is 20.7 Å². The smallest absolute Gasteiger partial charge is 0.268 e. The summed E-state index contributed by atoms with van der Waals surface area (Å²) in [6.07, 6.45) is 0. The Hall–Kier alpha value is -2.39. The van der Waals surface area contributed by atoms with Crippen molar-refractivity contribution >= 4 is 50.5 Å². The molecule has 0 spiro atoms. The van der Waals surface area contributed by atoms with Gasteiger partial charge in [0.1, 0.15) is 5.70 Å². The van der Waals surface area contributed by atoms with E-state index in [0.717, 1.165) is 0 Å². The fourth-order valence-electron chi connectivity index (χ4n) is 3.43. The summed E-state index contributed by atoms with van der Waals surface area (Å²) in [5, 5.41) is 0.404.